The monoisotopic (exact) mass is 446 g/mol. The highest BCUT2D eigenvalue weighted by Gasteiger charge is 2.29. The molecule has 0 aliphatic heterocycles. The van der Waals surface area contributed by atoms with Gasteiger partial charge in [0.05, 0.1) is 13.2 Å². The van der Waals surface area contributed by atoms with Gasteiger partial charge in [-0.2, -0.15) is 0 Å². The molecule has 0 radical (unpaired) electrons. The van der Waals surface area contributed by atoms with Crippen molar-refractivity contribution in [2.45, 2.75) is 25.2 Å². The van der Waals surface area contributed by atoms with Crippen molar-refractivity contribution in [1.29, 1.82) is 0 Å². The Morgan fingerprint density at radius 2 is 1.83 bits per heavy atom. The quantitative estimate of drug-likeness (QED) is 0.573. The largest absolute Gasteiger partial charge is 0.492 e. The van der Waals surface area contributed by atoms with Crippen molar-refractivity contribution in [3.8, 4) is 17.5 Å². The molecule has 1 amide bonds. The Morgan fingerprint density at radius 1 is 1.17 bits per heavy atom. The molecule has 0 fully saturated rings. The summed E-state index contributed by atoms with van der Waals surface area (Å²) in [5, 5.41) is 3.71. The molecule has 1 aromatic carbocycles. The molecule has 0 atom stereocenters. The molecule has 13 heteroatoms. The van der Waals surface area contributed by atoms with Gasteiger partial charge in [-0.05, 0) is 25.5 Å². The van der Waals surface area contributed by atoms with Gasteiger partial charge in [-0.15, -0.1) is 9.78 Å². The topological polar surface area (TPSA) is 131 Å². The summed E-state index contributed by atoms with van der Waals surface area (Å²) < 4.78 is 57.1. The van der Waals surface area contributed by atoms with Crippen molar-refractivity contribution in [1.82, 2.24) is 19.1 Å². The lowest BCUT2D eigenvalue weighted by molar-refractivity contribution is 0.241. The number of aromatic nitrogens is 3. The van der Waals surface area contributed by atoms with Crippen molar-refractivity contribution < 1.29 is 31.8 Å². The van der Waals surface area contributed by atoms with Gasteiger partial charge in [0.2, 0.25) is 0 Å². The van der Waals surface area contributed by atoms with E-state index in [9.17, 15) is 22.4 Å². The van der Waals surface area contributed by atoms with Crippen LogP contribution >= 0.6 is 0 Å². The van der Waals surface area contributed by atoms with E-state index in [2.05, 4.69) is 5.10 Å². The molecule has 0 saturated heterocycles. The SMILES string of the molecule is CCCOc1nn(C(=O)NS(=O)(=O)c2c(OCC)cccc2OCCF)c(=O)n1C. The molecule has 0 aliphatic carbocycles. The van der Waals surface area contributed by atoms with E-state index in [0.717, 1.165) is 4.57 Å². The van der Waals surface area contributed by atoms with Gasteiger partial charge in [0.1, 0.15) is 24.8 Å². The number of benzene rings is 1. The van der Waals surface area contributed by atoms with Crippen LogP contribution in [0.5, 0.6) is 17.5 Å². The van der Waals surface area contributed by atoms with Crippen LogP contribution in [0.25, 0.3) is 0 Å². The Labute approximate surface area is 172 Å². The van der Waals surface area contributed by atoms with E-state index < -0.39 is 39.9 Å². The highest BCUT2D eigenvalue weighted by atomic mass is 32.2. The first kappa shape index (κ1) is 23.2. The van der Waals surface area contributed by atoms with E-state index in [4.69, 9.17) is 14.2 Å². The maximum atomic E-state index is 12.9. The first-order valence-electron chi connectivity index (χ1n) is 9.07. The maximum absolute atomic E-state index is 12.9. The smallest absolute Gasteiger partial charge is 0.360 e. The highest BCUT2D eigenvalue weighted by Crippen LogP contribution is 2.33. The van der Waals surface area contributed by atoms with Crippen LogP contribution in [0.4, 0.5) is 9.18 Å². The lowest BCUT2D eigenvalue weighted by Crippen LogP contribution is -2.40. The molecule has 1 N–H and O–H groups in total. The van der Waals surface area contributed by atoms with Crippen molar-refractivity contribution in [3.63, 3.8) is 0 Å². The number of halogens is 1. The van der Waals surface area contributed by atoms with Crippen LogP contribution in [0.3, 0.4) is 0 Å². The summed E-state index contributed by atoms with van der Waals surface area (Å²) in [6, 6.07) is 2.63. The maximum Gasteiger partial charge on any atom is 0.360 e. The number of alkyl halides is 1. The summed E-state index contributed by atoms with van der Waals surface area (Å²) in [5.74, 6) is -0.311. The fourth-order valence-corrected chi connectivity index (χ4v) is 3.57. The summed E-state index contributed by atoms with van der Waals surface area (Å²) >= 11 is 0. The first-order chi connectivity index (χ1) is 14.3. The zero-order valence-electron chi connectivity index (χ0n) is 16.8. The van der Waals surface area contributed by atoms with E-state index in [-0.39, 0.29) is 30.7 Å². The summed E-state index contributed by atoms with van der Waals surface area (Å²) in [5.41, 5.74) is -0.902. The molecule has 2 rings (SSSR count). The number of hydrogen-bond acceptors (Lipinski definition) is 8. The van der Waals surface area contributed by atoms with Gasteiger partial charge < -0.3 is 14.2 Å². The second-order valence-electron chi connectivity index (χ2n) is 5.85. The normalized spacial score (nSPS) is 11.2. The van der Waals surface area contributed by atoms with Crippen LogP contribution in [-0.2, 0) is 17.1 Å². The Morgan fingerprint density at radius 3 is 2.43 bits per heavy atom. The molecule has 166 valence electrons. The number of sulfonamides is 1. The Bertz CT molecular complexity index is 1050. The van der Waals surface area contributed by atoms with Gasteiger partial charge in [-0.25, -0.2) is 31.7 Å². The fourth-order valence-electron chi connectivity index (χ4n) is 2.37. The number of carbonyl (C=O) groups excluding carboxylic acids is 1. The molecule has 0 spiro atoms. The van der Waals surface area contributed by atoms with Crippen LogP contribution in [0.1, 0.15) is 20.3 Å². The van der Waals surface area contributed by atoms with Gasteiger partial charge in [-0.3, -0.25) is 0 Å². The zero-order chi connectivity index (χ0) is 22.3. The Hall–Kier alpha value is -3.09. The molecule has 11 nitrogen and oxygen atoms in total. The summed E-state index contributed by atoms with van der Waals surface area (Å²) in [7, 11) is -3.26. The molecule has 0 aliphatic rings. The summed E-state index contributed by atoms with van der Waals surface area (Å²) in [6.07, 6.45) is 0.636. The number of nitrogens with one attached hydrogen (secondary N) is 1. The molecule has 0 saturated carbocycles. The van der Waals surface area contributed by atoms with Crippen LogP contribution in [-0.4, -0.2) is 55.3 Å². The van der Waals surface area contributed by atoms with Crippen molar-refractivity contribution in [2.75, 3.05) is 26.5 Å². The molecule has 0 bridgehead atoms. The average molecular weight is 446 g/mol. The van der Waals surface area contributed by atoms with Gasteiger partial charge in [0.15, 0.2) is 4.90 Å². The lowest BCUT2D eigenvalue weighted by Gasteiger charge is -2.15. The van der Waals surface area contributed by atoms with E-state index in [1.165, 1.54) is 25.2 Å². The predicted molar refractivity (Wildman–Crippen MR) is 103 cm³/mol. The predicted octanol–water partition coefficient (Wildman–Crippen LogP) is 1.06. The minimum absolute atomic E-state index is 0.102. The van der Waals surface area contributed by atoms with Crippen LogP contribution in [0, 0.1) is 0 Å². The molecular formula is C17H23FN4O7S. The molecule has 1 heterocycles. The molecule has 1 aromatic heterocycles. The standard InChI is InChI=1S/C17H23FN4O7S/c1-4-10-29-16-19-22(17(24)21(16)3)15(23)20-30(25,26)14-12(27-5-2)7-6-8-13(14)28-11-9-18/h6-8H,4-5,9-11H2,1-3H3,(H,20,23). The van der Waals surface area contributed by atoms with Gasteiger partial charge >= 0.3 is 17.7 Å². The molecule has 2 aromatic rings. The van der Waals surface area contributed by atoms with E-state index in [1.54, 1.807) is 11.6 Å². The van der Waals surface area contributed by atoms with Gasteiger partial charge in [-0.1, -0.05) is 13.0 Å². The number of rotatable bonds is 10. The molecule has 30 heavy (non-hydrogen) atoms. The summed E-state index contributed by atoms with van der Waals surface area (Å²) in [4.78, 5) is 24.2. The minimum Gasteiger partial charge on any atom is -0.492 e. The molecular weight excluding hydrogens is 423 g/mol. The number of ether oxygens (including phenoxy) is 3. The second kappa shape index (κ2) is 10.1. The average Bonchev–Trinajstić information content (AvgIpc) is 2.99. The molecule has 0 unspecified atom stereocenters. The van der Waals surface area contributed by atoms with E-state index >= 15 is 0 Å². The third kappa shape index (κ3) is 5.09. The minimum atomic E-state index is -4.58. The van der Waals surface area contributed by atoms with Gasteiger partial charge in [0, 0.05) is 7.05 Å². The number of nitrogens with zero attached hydrogens (tertiary/aromatic N) is 3. The van der Waals surface area contributed by atoms with E-state index in [1.807, 2.05) is 6.92 Å². The summed E-state index contributed by atoms with van der Waals surface area (Å²) in [6.45, 7) is 2.60. The van der Waals surface area contributed by atoms with Crippen molar-refractivity contribution in [3.05, 3.63) is 28.7 Å². The zero-order valence-corrected chi connectivity index (χ0v) is 17.6. The van der Waals surface area contributed by atoms with E-state index in [0.29, 0.717) is 11.1 Å². The van der Waals surface area contributed by atoms with Crippen LogP contribution in [0.15, 0.2) is 27.9 Å². The third-order valence-corrected chi connectivity index (χ3v) is 5.02. The highest BCUT2D eigenvalue weighted by molar-refractivity contribution is 7.90. The first-order valence-corrected chi connectivity index (χ1v) is 10.6. The number of carbonyl (C=O) groups is 1. The number of amides is 1. The Balaban J connectivity index is 2.41. The fraction of sp³-hybridized carbons (Fsp3) is 0.471. The number of hydrogen-bond donors (Lipinski definition) is 1. The Kier molecular flexibility index (Phi) is 7.80. The third-order valence-electron chi connectivity index (χ3n) is 3.64. The van der Waals surface area contributed by atoms with Crippen molar-refractivity contribution >= 4 is 16.1 Å². The van der Waals surface area contributed by atoms with Gasteiger partial charge in [0.25, 0.3) is 10.0 Å². The van der Waals surface area contributed by atoms with Crippen LogP contribution in [0.2, 0.25) is 0 Å². The van der Waals surface area contributed by atoms with Crippen molar-refractivity contribution in [2.24, 2.45) is 7.05 Å². The lowest BCUT2D eigenvalue weighted by atomic mass is 10.3. The van der Waals surface area contributed by atoms with Crippen LogP contribution < -0.4 is 24.6 Å². The second-order valence-corrected chi connectivity index (χ2v) is 7.47.